The van der Waals surface area contributed by atoms with Crippen molar-refractivity contribution in [2.45, 2.75) is 25.9 Å². The predicted octanol–water partition coefficient (Wildman–Crippen LogP) is 6.40. The minimum absolute atomic E-state index is 0. The fraction of sp³-hybridized carbons (Fsp3) is 0.182. The van der Waals surface area contributed by atoms with Gasteiger partial charge in [-0.1, -0.05) is 89.5 Å². The molecule has 1 unspecified atom stereocenters. The van der Waals surface area contributed by atoms with Crippen molar-refractivity contribution in [3.05, 3.63) is 106 Å². The maximum absolute atomic E-state index is 3.11. The lowest BCUT2D eigenvalue weighted by molar-refractivity contribution is 0.894. The SMILES string of the molecule is Cc1ccc(C(P)(c2ccc(C)cc2)c2ccc(C)cc2)cc1.I. The summed E-state index contributed by atoms with van der Waals surface area (Å²) >= 11 is 0. The lowest BCUT2D eigenvalue weighted by atomic mass is 9.83. The van der Waals surface area contributed by atoms with Gasteiger partial charge in [0.15, 0.2) is 0 Å². The zero-order valence-electron chi connectivity index (χ0n) is 14.4. The maximum atomic E-state index is 3.11. The molecule has 0 heterocycles. The van der Waals surface area contributed by atoms with Crippen LogP contribution in [0.3, 0.4) is 0 Å². The van der Waals surface area contributed by atoms with Gasteiger partial charge in [0.1, 0.15) is 0 Å². The molecule has 0 fully saturated rings. The summed E-state index contributed by atoms with van der Waals surface area (Å²) in [5.41, 5.74) is 7.74. The first-order chi connectivity index (χ1) is 11.0. The van der Waals surface area contributed by atoms with E-state index in [2.05, 4.69) is 103 Å². The van der Waals surface area contributed by atoms with E-state index in [0.29, 0.717) is 0 Å². The maximum Gasteiger partial charge on any atom is 0.0591 e. The molecule has 1 atom stereocenters. The molecular formula is C22H24IP. The van der Waals surface area contributed by atoms with Crippen molar-refractivity contribution in [1.82, 2.24) is 0 Å². The number of rotatable bonds is 3. The number of benzene rings is 3. The van der Waals surface area contributed by atoms with Gasteiger partial charge >= 0.3 is 0 Å². The van der Waals surface area contributed by atoms with Crippen molar-refractivity contribution in [3.63, 3.8) is 0 Å². The molecule has 0 N–H and O–H groups in total. The molecule has 0 aromatic heterocycles. The average molecular weight is 446 g/mol. The number of hydrogen-bond donors (Lipinski definition) is 0. The predicted molar refractivity (Wildman–Crippen MR) is 119 cm³/mol. The first kappa shape index (κ1) is 19.1. The van der Waals surface area contributed by atoms with Crippen molar-refractivity contribution in [3.8, 4) is 0 Å². The van der Waals surface area contributed by atoms with Gasteiger partial charge in [-0.15, -0.1) is 33.2 Å². The highest BCUT2D eigenvalue weighted by Crippen LogP contribution is 2.45. The Morgan fingerprint density at radius 1 is 0.500 bits per heavy atom. The van der Waals surface area contributed by atoms with E-state index in [9.17, 15) is 0 Å². The normalized spacial score (nSPS) is 11.0. The first-order valence-electron chi connectivity index (χ1n) is 8.00. The van der Waals surface area contributed by atoms with Crippen LogP contribution in [0, 0.1) is 20.8 Å². The Balaban J connectivity index is 0.00000208. The van der Waals surface area contributed by atoms with E-state index in [-0.39, 0.29) is 29.1 Å². The molecule has 0 radical (unpaired) electrons. The summed E-state index contributed by atoms with van der Waals surface area (Å²) in [5.74, 6) is 0. The third-order valence-electron chi connectivity index (χ3n) is 4.52. The summed E-state index contributed by atoms with van der Waals surface area (Å²) in [6.45, 7) is 6.39. The number of hydrogen-bond acceptors (Lipinski definition) is 0. The molecule has 0 aliphatic rings. The fourth-order valence-corrected chi connectivity index (χ4v) is 3.53. The quantitative estimate of drug-likeness (QED) is 0.248. The molecule has 0 bridgehead atoms. The molecule has 24 heavy (non-hydrogen) atoms. The van der Waals surface area contributed by atoms with Crippen LogP contribution >= 0.6 is 33.2 Å². The van der Waals surface area contributed by atoms with E-state index < -0.39 is 0 Å². The summed E-state index contributed by atoms with van der Waals surface area (Å²) in [7, 11) is 3.11. The second-order valence-electron chi connectivity index (χ2n) is 6.41. The highest BCUT2D eigenvalue weighted by Gasteiger charge is 2.31. The Kier molecular flexibility index (Phi) is 6.22. The van der Waals surface area contributed by atoms with Crippen molar-refractivity contribution in [2.24, 2.45) is 0 Å². The Morgan fingerprint density at radius 3 is 0.917 bits per heavy atom. The molecule has 3 aromatic rings. The molecule has 3 aromatic carbocycles. The van der Waals surface area contributed by atoms with E-state index in [0.717, 1.165) is 0 Å². The average Bonchev–Trinajstić information content (AvgIpc) is 2.56. The zero-order valence-corrected chi connectivity index (χ0v) is 17.9. The zero-order chi connectivity index (χ0) is 16.4. The molecule has 0 nitrogen and oxygen atoms in total. The van der Waals surface area contributed by atoms with Crippen LogP contribution in [-0.2, 0) is 5.16 Å². The van der Waals surface area contributed by atoms with Crippen molar-refractivity contribution in [1.29, 1.82) is 0 Å². The second kappa shape index (κ2) is 7.80. The smallest absolute Gasteiger partial charge is 0.0591 e. The Hall–Kier alpha value is -1.18. The summed E-state index contributed by atoms with van der Waals surface area (Å²) < 4.78 is 0. The van der Waals surface area contributed by atoms with Crippen molar-refractivity contribution >= 4 is 33.2 Å². The van der Waals surface area contributed by atoms with Gasteiger partial charge in [0.05, 0.1) is 5.16 Å². The lowest BCUT2D eigenvalue weighted by Gasteiger charge is -2.32. The van der Waals surface area contributed by atoms with Gasteiger partial charge in [0.25, 0.3) is 0 Å². The monoisotopic (exact) mass is 446 g/mol. The summed E-state index contributed by atoms with van der Waals surface area (Å²) in [6, 6.07) is 26.6. The number of aryl methyl sites for hydroxylation is 3. The minimum Gasteiger partial charge on any atom is -0.117 e. The van der Waals surface area contributed by atoms with E-state index in [1.165, 1.54) is 33.4 Å². The second-order valence-corrected chi connectivity index (χ2v) is 7.27. The highest BCUT2D eigenvalue weighted by molar-refractivity contribution is 14.0. The fourth-order valence-electron chi connectivity index (χ4n) is 2.95. The van der Waals surface area contributed by atoms with Gasteiger partial charge in [-0.25, -0.2) is 0 Å². The molecule has 2 heteroatoms. The largest absolute Gasteiger partial charge is 0.117 e. The first-order valence-corrected chi connectivity index (χ1v) is 8.58. The lowest BCUT2D eigenvalue weighted by Crippen LogP contribution is -2.21. The van der Waals surface area contributed by atoms with E-state index in [1.807, 2.05) is 0 Å². The Morgan fingerprint density at radius 2 is 0.708 bits per heavy atom. The van der Waals surface area contributed by atoms with Crippen LogP contribution in [0.5, 0.6) is 0 Å². The van der Waals surface area contributed by atoms with Gasteiger partial charge in [0, 0.05) is 0 Å². The Bertz CT molecular complexity index is 676. The molecule has 124 valence electrons. The van der Waals surface area contributed by atoms with Gasteiger partial charge in [0.2, 0.25) is 0 Å². The van der Waals surface area contributed by atoms with Gasteiger partial charge in [-0.3, -0.25) is 0 Å². The van der Waals surface area contributed by atoms with Crippen LogP contribution in [-0.4, -0.2) is 0 Å². The van der Waals surface area contributed by atoms with Crippen molar-refractivity contribution in [2.75, 3.05) is 0 Å². The third kappa shape index (κ3) is 3.73. The van der Waals surface area contributed by atoms with E-state index >= 15 is 0 Å². The Labute approximate surface area is 164 Å². The minimum atomic E-state index is -0.227. The van der Waals surface area contributed by atoms with Crippen LogP contribution in [0.25, 0.3) is 0 Å². The summed E-state index contributed by atoms with van der Waals surface area (Å²) in [5, 5.41) is -0.227. The summed E-state index contributed by atoms with van der Waals surface area (Å²) in [6.07, 6.45) is 0. The van der Waals surface area contributed by atoms with Crippen molar-refractivity contribution < 1.29 is 0 Å². The number of halogens is 1. The molecule has 0 saturated heterocycles. The molecule has 0 aliphatic carbocycles. The molecule has 0 saturated carbocycles. The molecule has 0 amide bonds. The van der Waals surface area contributed by atoms with Gasteiger partial charge in [-0.05, 0) is 37.5 Å². The van der Waals surface area contributed by atoms with Crippen LogP contribution < -0.4 is 0 Å². The van der Waals surface area contributed by atoms with Crippen LogP contribution in [0.15, 0.2) is 72.8 Å². The van der Waals surface area contributed by atoms with E-state index in [4.69, 9.17) is 0 Å². The van der Waals surface area contributed by atoms with Gasteiger partial charge in [-0.2, -0.15) is 0 Å². The van der Waals surface area contributed by atoms with E-state index in [1.54, 1.807) is 0 Å². The molecular weight excluding hydrogens is 422 g/mol. The third-order valence-corrected chi connectivity index (χ3v) is 5.52. The molecule has 0 aliphatic heterocycles. The van der Waals surface area contributed by atoms with Crippen LogP contribution in [0.4, 0.5) is 0 Å². The summed E-state index contributed by atoms with van der Waals surface area (Å²) in [4.78, 5) is 0. The molecule has 0 spiro atoms. The van der Waals surface area contributed by atoms with Crippen LogP contribution in [0.2, 0.25) is 0 Å². The standard InChI is InChI=1S/C22H23P.HI/c1-16-4-10-19(11-5-16)22(23,20-12-6-17(2)7-13-20)21-14-8-18(3)9-15-21;/h4-15H,23H2,1-3H3;1H. The molecule has 3 rings (SSSR count). The highest BCUT2D eigenvalue weighted by atomic mass is 127. The van der Waals surface area contributed by atoms with Gasteiger partial charge < -0.3 is 0 Å². The van der Waals surface area contributed by atoms with Crippen LogP contribution in [0.1, 0.15) is 33.4 Å². The topological polar surface area (TPSA) is 0 Å².